The largest absolute Gasteiger partial charge is 0.309 e. The molecule has 0 fully saturated rings. The summed E-state index contributed by atoms with van der Waals surface area (Å²) in [6.07, 6.45) is 0. The van der Waals surface area contributed by atoms with Gasteiger partial charge >= 0.3 is 0 Å². The van der Waals surface area contributed by atoms with Gasteiger partial charge in [0.1, 0.15) is 0 Å². The van der Waals surface area contributed by atoms with Crippen LogP contribution in [0.15, 0.2) is 291 Å². The predicted molar refractivity (Wildman–Crippen MR) is 342 cm³/mol. The van der Waals surface area contributed by atoms with Crippen molar-refractivity contribution in [3.8, 4) is 84.3 Å². The van der Waals surface area contributed by atoms with Crippen LogP contribution >= 0.6 is 0 Å². The Hall–Kier alpha value is -10.9. The summed E-state index contributed by atoms with van der Waals surface area (Å²) in [5, 5.41) is 7.25. The average Bonchev–Trinajstić information content (AvgIpc) is 2.86. The zero-order valence-electron chi connectivity index (χ0n) is 44.9. The smallest absolute Gasteiger partial charge is 0.160 e. The van der Waals surface area contributed by atoms with Gasteiger partial charge in [-0.25, -0.2) is 9.97 Å². The third kappa shape index (κ3) is 7.77. The molecule has 0 unspecified atom stereocenters. The molecule has 384 valence electrons. The van der Waals surface area contributed by atoms with Crippen LogP contribution < -0.4 is 0 Å². The summed E-state index contributed by atoms with van der Waals surface area (Å²) >= 11 is 0. The van der Waals surface area contributed by atoms with Crippen LogP contribution in [-0.2, 0) is 0 Å². The van der Waals surface area contributed by atoms with Crippen LogP contribution in [0, 0.1) is 6.92 Å². The fraction of sp³-hybridized carbons (Fsp3) is 0.0130. The first-order valence-corrected chi connectivity index (χ1v) is 28.0. The third-order valence-corrected chi connectivity index (χ3v) is 16.5. The number of rotatable bonds is 9. The summed E-state index contributed by atoms with van der Waals surface area (Å²) in [5.41, 5.74) is 22.6. The monoisotopic (exact) mass is 1050 g/mol. The average molecular weight is 1050 g/mol. The van der Waals surface area contributed by atoms with E-state index in [1.165, 1.54) is 49.0 Å². The Morgan fingerprint density at radius 1 is 0.244 bits per heavy atom. The topological polar surface area (TPSA) is 40.6 Å². The second kappa shape index (κ2) is 19.2. The van der Waals surface area contributed by atoms with Crippen molar-refractivity contribution in [2.75, 3.05) is 0 Å². The summed E-state index contributed by atoms with van der Waals surface area (Å²) < 4.78 is 7.37. The second-order valence-electron chi connectivity index (χ2n) is 21.4. The molecule has 0 bridgehead atoms. The zero-order chi connectivity index (χ0) is 54.3. The molecule has 0 amide bonds. The highest BCUT2D eigenvalue weighted by Gasteiger charge is 2.25. The number of aromatic nitrogens is 5. The molecule has 0 radical (unpaired) electrons. The summed E-state index contributed by atoms with van der Waals surface area (Å²) in [7, 11) is 0. The van der Waals surface area contributed by atoms with Crippen molar-refractivity contribution in [3.63, 3.8) is 0 Å². The van der Waals surface area contributed by atoms with Crippen molar-refractivity contribution in [3.05, 3.63) is 297 Å². The zero-order valence-corrected chi connectivity index (χ0v) is 44.9. The maximum Gasteiger partial charge on any atom is 0.160 e. The van der Waals surface area contributed by atoms with Gasteiger partial charge in [0.05, 0.1) is 50.2 Å². The van der Waals surface area contributed by atoms with Crippen molar-refractivity contribution in [2.45, 2.75) is 6.92 Å². The Balaban J connectivity index is 1.04. The van der Waals surface area contributed by atoms with E-state index in [-0.39, 0.29) is 0 Å². The van der Waals surface area contributed by atoms with Gasteiger partial charge < -0.3 is 13.7 Å². The molecule has 0 saturated carbocycles. The van der Waals surface area contributed by atoms with Crippen LogP contribution in [0.2, 0.25) is 0 Å². The molecule has 16 aromatic rings. The van der Waals surface area contributed by atoms with Crippen LogP contribution in [0.4, 0.5) is 0 Å². The van der Waals surface area contributed by atoms with Gasteiger partial charge in [0.25, 0.3) is 0 Å². The molecule has 12 aromatic carbocycles. The minimum absolute atomic E-state index is 0.664. The summed E-state index contributed by atoms with van der Waals surface area (Å²) in [5.74, 6) is 0.664. The standard InChI is InChI=1S/C77H51N5/c1-50-38-40-51(41-39-50)54-42-43-75-67(46-54)64-32-12-17-37-74(64)82(75)76-65(55-24-18-26-58(44-55)80-70-33-13-8-28-60(70)61-29-9-14-34-71(61)80)47-57(69-49-68(52-20-4-2-5-21-52)78-77(79-69)53-22-6-3-7-23-53)48-66(76)56-25-19-27-59(45-56)81-72-35-15-10-30-62(72)63-31-11-16-36-73(63)81/h2-49H,1H3. The first kappa shape index (κ1) is 47.1. The Kier molecular flexibility index (Phi) is 11.0. The van der Waals surface area contributed by atoms with Crippen molar-refractivity contribution in [2.24, 2.45) is 0 Å². The van der Waals surface area contributed by atoms with Gasteiger partial charge in [-0.3, -0.25) is 0 Å². The molecule has 0 aliphatic heterocycles. The van der Waals surface area contributed by atoms with Crippen LogP contribution in [0.3, 0.4) is 0 Å². The SMILES string of the molecule is Cc1ccc(-c2ccc3c(c2)c2ccccc2n3-c2c(-c3cccc(-n4c5ccccc5c5ccccc54)c3)cc(-c3cc(-c4ccccc4)nc(-c4ccccc4)n3)cc2-c2cccc(-n3c4ccccc4c4ccccc43)c2)cc1. The molecule has 82 heavy (non-hydrogen) atoms. The molecule has 0 aliphatic rings. The van der Waals surface area contributed by atoms with Crippen molar-refractivity contribution in [1.29, 1.82) is 0 Å². The van der Waals surface area contributed by atoms with Crippen LogP contribution in [0.25, 0.3) is 150 Å². The van der Waals surface area contributed by atoms with Gasteiger partial charge in [0.2, 0.25) is 0 Å². The number of fused-ring (bicyclic) bond motifs is 9. The Bertz CT molecular complexity index is 4820. The lowest BCUT2D eigenvalue weighted by atomic mass is 9.91. The van der Waals surface area contributed by atoms with Gasteiger partial charge in [-0.1, -0.05) is 212 Å². The summed E-state index contributed by atoms with van der Waals surface area (Å²) in [6, 6.07) is 106. The number of hydrogen-bond acceptors (Lipinski definition) is 2. The molecule has 16 rings (SSSR count). The third-order valence-electron chi connectivity index (χ3n) is 16.5. The van der Waals surface area contributed by atoms with E-state index in [1.807, 2.05) is 6.07 Å². The van der Waals surface area contributed by atoms with E-state index in [0.29, 0.717) is 5.82 Å². The van der Waals surface area contributed by atoms with Gasteiger partial charge in [-0.15, -0.1) is 0 Å². The number of para-hydroxylation sites is 5. The van der Waals surface area contributed by atoms with Gasteiger partial charge in [-0.05, 0) is 114 Å². The van der Waals surface area contributed by atoms with Crippen LogP contribution in [0.5, 0.6) is 0 Å². The van der Waals surface area contributed by atoms with Gasteiger partial charge in [0.15, 0.2) is 5.82 Å². The van der Waals surface area contributed by atoms with Crippen LogP contribution in [-0.4, -0.2) is 23.7 Å². The maximum atomic E-state index is 5.53. The fourth-order valence-corrected chi connectivity index (χ4v) is 12.7. The highest BCUT2D eigenvalue weighted by molar-refractivity contribution is 6.13. The van der Waals surface area contributed by atoms with Gasteiger partial charge in [-0.2, -0.15) is 0 Å². The van der Waals surface area contributed by atoms with Gasteiger partial charge in [0, 0.05) is 71.5 Å². The number of nitrogens with zero attached hydrogens (tertiary/aromatic N) is 5. The van der Waals surface area contributed by atoms with Crippen molar-refractivity contribution < 1.29 is 0 Å². The minimum Gasteiger partial charge on any atom is -0.309 e. The van der Waals surface area contributed by atoms with Crippen LogP contribution in [0.1, 0.15) is 5.56 Å². The quantitative estimate of drug-likeness (QED) is 0.145. The molecule has 4 aromatic heterocycles. The lowest BCUT2D eigenvalue weighted by Crippen LogP contribution is -2.04. The molecule has 0 atom stereocenters. The molecule has 5 heteroatoms. The molecule has 5 nitrogen and oxygen atoms in total. The summed E-state index contributed by atoms with van der Waals surface area (Å²) in [4.78, 5) is 10.8. The Morgan fingerprint density at radius 3 is 1.13 bits per heavy atom. The normalized spacial score (nSPS) is 11.7. The molecular formula is C77H51N5. The van der Waals surface area contributed by atoms with E-state index >= 15 is 0 Å². The molecule has 0 aliphatic carbocycles. The lowest BCUT2D eigenvalue weighted by Gasteiger charge is -2.22. The van der Waals surface area contributed by atoms with Crippen molar-refractivity contribution in [1.82, 2.24) is 23.7 Å². The van der Waals surface area contributed by atoms with E-state index in [4.69, 9.17) is 9.97 Å². The van der Waals surface area contributed by atoms with E-state index in [0.717, 1.165) is 100 Å². The molecular weight excluding hydrogens is 995 g/mol. The second-order valence-corrected chi connectivity index (χ2v) is 21.4. The molecule has 0 saturated heterocycles. The van der Waals surface area contributed by atoms with E-state index in [9.17, 15) is 0 Å². The fourth-order valence-electron chi connectivity index (χ4n) is 12.7. The highest BCUT2D eigenvalue weighted by atomic mass is 15.0. The van der Waals surface area contributed by atoms with E-state index in [1.54, 1.807) is 0 Å². The number of benzene rings is 12. The molecule has 0 N–H and O–H groups in total. The number of hydrogen-bond donors (Lipinski definition) is 0. The number of aryl methyl sites for hydroxylation is 1. The summed E-state index contributed by atoms with van der Waals surface area (Å²) in [6.45, 7) is 2.15. The predicted octanol–water partition coefficient (Wildman–Crippen LogP) is 20.1. The van der Waals surface area contributed by atoms with Crippen molar-refractivity contribution >= 4 is 65.4 Å². The van der Waals surface area contributed by atoms with E-state index < -0.39 is 0 Å². The Labute approximate surface area is 474 Å². The minimum atomic E-state index is 0.664. The maximum absolute atomic E-state index is 5.53. The molecule has 4 heterocycles. The Morgan fingerprint density at radius 2 is 0.634 bits per heavy atom. The van der Waals surface area contributed by atoms with E-state index in [2.05, 4.69) is 306 Å². The highest BCUT2D eigenvalue weighted by Crippen LogP contribution is 2.46. The first-order valence-electron chi connectivity index (χ1n) is 28.0. The lowest BCUT2D eigenvalue weighted by molar-refractivity contribution is 1.16. The molecule has 0 spiro atoms. The first-order chi connectivity index (χ1) is 40.6.